The zero-order valence-electron chi connectivity index (χ0n) is 13.5. The number of ether oxygens (including phenoxy) is 1. The first-order valence-electron chi connectivity index (χ1n) is 8.22. The van der Waals surface area contributed by atoms with Crippen LogP contribution in [0.1, 0.15) is 46.5 Å². The standard InChI is InChI=1S/C17H23N3O2/c1-4-10-5-17(9-22-10)11-8-18-20-15(11)19-12-6-16(2,3)7-13(21)14(12)17/h10,19H,4-9H2,1-3H3/t10-,17+/m0/s1. The van der Waals surface area contributed by atoms with Gasteiger partial charge in [0.2, 0.25) is 0 Å². The van der Waals surface area contributed by atoms with Crippen LogP contribution in [-0.4, -0.2) is 25.0 Å². The van der Waals surface area contributed by atoms with E-state index in [9.17, 15) is 4.79 Å². The number of rotatable bonds is 1. The summed E-state index contributed by atoms with van der Waals surface area (Å²) in [5.41, 5.74) is 2.90. The smallest absolute Gasteiger partial charge is 0.162 e. The van der Waals surface area contributed by atoms with Gasteiger partial charge in [0.05, 0.1) is 24.7 Å². The molecule has 0 aromatic heterocycles. The molecule has 3 aliphatic heterocycles. The molecule has 0 radical (unpaired) electrons. The van der Waals surface area contributed by atoms with E-state index in [1.165, 1.54) is 0 Å². The van der Waals surface area contributed by atoms with Crippen molar-refractivity contribution in [1.29, 1.82) is 0 Å². The first-order valence-corrected chi connectivity index (χ1v) is 8.22. The van der Waals surface area contributed by atoms with Crippen molar-refractivity contribution in [2.24, 2.45) is 21.1 Å². The minimum Gasteiger partial charge on any atom is -0.377 e. The molecule has 5 nitrogen and oxygen atoms in total. The van der Waals surface area contributed by atoms with E-state index in [4.69, 9.17) is 4.74 Å². The molecular formula is C17H23N3O2. The second-order valence-corrected chi connectivity index (χ2v) is 7.77. The summed E-state index contributed by atoms with van der Waals surface area (Å²) in [4.78, 5) is 13.0. The third-order valence-corrected chi connectivity index (χ3v) is 5.48. The van der Waals surface area contributed by atoms with Gasteiger partial charge in [-0.25, -0.2) is 0 Å². The minimum atomic E-state index is -0.284. The Labute approximate surface area is 130 Å². The van der Waals surface area contributed by atoms with Gasteiger partial charge in [-0.2, -0.15) is 5.11 Å². The van der Waals surface area contributed by atoms with Crippen molar-refractivity contribution >= 4 is 5.78 Å². The van der Waals surface area contributed by atoms with Crippen molar-refractivity contribution in [3.05, 3.63) is 22.7 Å². The summed E-state index contributed by atoms with van der Waals surface area (Å²) in [7, 11) is 0. The monoisotopic (exact) mass is 301 g/mol. The zero-order valence-corrected chi connectivity index (χ0v) is 13.5. The van der Waals surface area contributed by atoms with Crippen molar-refractivity contribution in [3.63, 3.8) is 0 Å². The number of nitrogens with zero attached hydrogens (tertiary/aromatic N) is 2. The fraction of sp³-hybridized carbons (Fsp3) is 0.706. The zero-order chi connectivity index (χ0) is 15.5. The van der Waals surface area contributed by atoms with E-state index in [1.807, 2.05) is 0 Å². The van der Waals surface area contributed by atoms with Crippen LogP contribution >= 0.6 is 0 Å². The van der Waals surface area contributed by atoms with Gasteiger partial charge in [-0.3, -0.25) is 4.79 Å². The minimum absolute atomic E-state index is 0.00152. The van der Waals surface area contributed by atoms with Gasteiger partial charge in [-0.15, -0.1) is 5.11 Å². The third-order valence-electron chi connectivity index (χ3n) is 5.48. The van der Waals surface area contributed by atoms with Crippen molar-refractivity contribution in [2.75, 3.05) is 13.2 Å². The normalized spacial score (nSPS) is 36.0. The second-order valence-electron chi connectivity index (χ2n) is 7.77. The summed E-state index contributed by atoms with van der Waals surface area (Å²) in [6.45, 7) is 7.65. The average molecular weight is 301 g/mol. The number of carbonyl (C=O) groups excluding carboxylic acids is 1. The predicted molar refractivity (Wildman–Crippen MR) is 82.0 cm³/mol. The van der Waals surface area contributed by atoms with Crippen LogP contribution in [0.3, 0.4) is 0 Å². The van der Waals surface area contributed by atoms with E-state index in [0.717, 1.165) is 41.9 Å². The predicted octanol–water partition coefficient (Wildman–Crippen LogP) is 3.10. The number of hydrogen-bond acceptors (Lipinski definition) is 5. The summed E-state index contributed by atoms with van der Waals surface area (Å²) >= 11 is 0. The molecule has 1 saturated heterocycles. The number of fused-ring (bicyclic) bond motifs is 2. The van der Waals surface area contributed by atoms with Crippen LogP contribution < -0.4 is 5.32 Å². The van der Waals surface area contributed by atoms with E-state index >= 15 is 0 Å². The Morgan fingerprint density at radius 3 is 2.91 bits per heavy atom. The Hall–Kier alpha value is -1.49. The largest absolute Gasteiger partial charge is 0.377 e. The van der Waals surface area contributed by atoms with Gasteiger partial charge < -0.3 is 10.1 Å². The SMILES string of the molecule is CC[C@H]1C[C@@]2(CO1)C1=C(N=NC1)NC1=C2C(=O)CC(C)(C)C1. The van der Waals surface area contributed by atoms with Crippen LogP contribution in [0.4, 0.5) is 0 Å². The van der Waals surface area contributed by atoms with Crippen molar-refractivity contribution in [3.8, 4) is 0 Å². The van der Waals surface area contributed by atoms with Crippen LogP contribution in [0.2, 0.25) is 0 Å². The van der Waals surface area contributed by atoms with Gasteiger partial charge in [0.1, 0.15) is 0 Å². The molecule has 0 saturated carbocycles. The lowest BCUT2D eigenvalue weighted by Gasteiger charge is -2.43. The topological polar surface area (TPSA) is 63.1 Å². The Morgan fingerprint density at radius 1 is 1.36 bits per heavy atom. The maximum Gasteiger partial charge on any atom is 0.162 e. The number of Topliss-reactive ketones (excluding diaryl/α,β-unsaturated/α-hetero) is 1. The van der Waals surface area contributed by atoms with Crippen LogP contribution in [0.25, 0.3) is 0 Å². The lowest BCUT2D eigenvalue weighted by Crippen LogP contribution is -2.44. The van der Waals surface area contributed by atoms with E-state index < -0.39 is 0 Å². The number of carbonyl (C=O) groups is 1. The highest BCUT2D eigenvalue weighted by atomic mass is 16.5. The van der Waals surface area contributed by atoms with E-state index in [2.05, 4.69) is 36.3 Å². The summed E-state index contributed by atoms with van der Waals surface area (Å²) < 4.78 is 6.02. The van der Waals surface area contributed by atoms with Crippen molar-refractivity contribution in [2.45, 2.75) is 52.6 Å². The Kier molecular flexibility index (Phi) is 2.89. The molecular weight excluding hydrogens is 278 g/mol. The van der Waals surface area contributed by atoms with E-state index in [0.29, 0.717) is 19.6 Å². The van der Waals surface area contributed by atoms with E-state index in [1.54, 1.807) is 0 Å². The fourth-order valence-electron chi connectivity index (χ4n) is 4.48. The van der Waals surface area contributed by atoms with Crippen LogP contribution in [0, 0.1) is 10.8 Å². The number of nitrogens with one attached hydrogen (secondary N) is 1. The first kappa shape index (κ1) is 14.1. The van der Waals surface area contributed by atoms with Crippen LogP contribution in [0.15, 0.2) is 32.9 Å². The molecule has 1 fully saturated rings. The van der Waals surface area contributed by atoms with Crippen LogP contribution in [-0.2, 0) is 9.53 Å². The molecule has 118 valence electrons. The highest BCUT2D eigenvalue weighted by Gasteiger charge is 2.54. The highest BCUT2D eigenvalue weighted by Crippen LogP contribution is 2.55. The lowest BCUT2D eigenvalue weighted by atomic mass is 9.62. The first-order chi connectivity index (χ1) is 10.5. The molecule has 2 atom stereocenters. The fourth-order valence-corrected chi connectivity index (χ4v) is 4.48. The van der Waals surface area contributed by atoms with Crippen molar-refractivity contribution in [1.82, 2.24) is 5.32 Å². The third kappa shape index (κ3) is 1.84. The van der Waals surface area contributed by atoms with Gasteiger partial charge in [-0.1, -0.05) is 20.8 Å². The summed E-state index contributed by atoms with van der Waals surface area (Å²) in [6.07, 6.45) is 3.60. The van der Waals surface area contributed by atoms with Crippen molar-refractivity contribution < 1.29 is 9.53 Å². The maximum absolute atomic E-state index is 13.0. The Bertz CT molecular complexity index is 644. The second kappa shape index (κ2) is 4.51. The van der Waals surface area contributed by atoms with Gasteiger partial charge in [0.15, 0.2) is 11.6 Å². The molecule has 0 unspecified atom stereocenters. The number of azo groups is 1. The molecule has 22 heavy (non-hydrogen) atoms. The molecule has 3 heterocycles. The van der Waals surface area contributed by atoms with Crippen LogP contribution in [0.5, 0.6) is 0 Å². The number of dihydropyridines is 1. The molecule has 4 aliphatic rings. The molecule has 0 amide bonds. The molecule has 1 aliphatic carbocycles. The molecule has 0 aromatic carbocycles. The van der Waals surface area contributed by atoms with Gasteiger partial charge in [-0.05, 0) is 24.7 Å². The number of ketones is 1. The summed E-state index contributed by atoms with van der Waals surface area (Å²) in [5.74, 6) is 1.14. The molecule has 4 rings (SSSR count). The Morgan fingerprint density at radius 2 is 2.18 bits per heavy atom. The van der Waals surface area contributed by atoms with E-state index in [-0.39, 0.29) is 22.7 Å². The number of allylic oxidation sites excluding steroid dienone is 1. The summed E-state index contributed by atoms with van der Waals surface area (Å²) in [5, 5.41) is 11.9. The lowest BCUT2D eigenvalue weighted by molar-refractivity contribution is -0.119. The Balaban J connectivity index is 1.84. The number of hydrogen-bond donors (Lipinski definition) is 1. The molecule has 1 N–H and O–H groups in total. The highest BCUT2D eigenvalue weighted by molar-refractivity contribution is 6.00. The van der Waals surface area contributed by atoms with Gasteiger partial charge >= 0.3 is 0 Å². The summed E-state index contributed by atoms with van der Waals surface area (Å²) in [6, 6.07) is 0. The maximum atomic E-state index is 13.0. The molecule has 5 heteroatoms. The molecule has 0 bridgehead atoms. The van der Waals surface area contributed by atoms with Gasteiger partial charge in [0, 0.05) is 23.3 Å². The molecule has 0 aromatic rings. The quantitative estimate of drug-likeness (QED) is 0.809. The molecule has 1 spiro atoms. The van der Waals surface area contributed by atoms with Gasteiger partial charge in [0.25, 0.3) is 0 Å². The average Bonchev–Trinajstić information content (AvgIpc) is 3.04.